The molecular weight excluding hydrogens is 439 g/mol. The van der Waals surface area contributed by atoms with Crippen LogP contribution < -0.4 is 51.4 Å². The van der Waals surface area contributed by atoms with Crippen LogP contribution in [0.4, 0.5) is 0 Å². The molecule has 0 saturated carbocycles. The van der Waals surface area contributed by atoms with Gasteiger partial charge in [0.25, 0.3) is 0 Å². The van der Waals surface area contributed by atoms with E-state index in [2.05, 4.69) is 6.92 Å². The molecule has 31 heavy (non-hydrogen) atoms. The summed E-state index contributed by atoms with van der Waals surface area (Å²) >= 11 is 0. The van der Waals surface area contributed by atoms with Crippen molar-refractivity contribution in [1.82, 2.24) is 0 Å². The second-order valence-corrected chi connectivity index (χ2v) is 10.2. The number of hydrogen-bond acceptors (Lipinski definition) is 5. The van der Waals surface area contributed by atoms with Crippen molar-refractivity contribution < 1.29 is 73.9 Å². The van der Waals surface area contributed by atoms with Crippen LogP contribution in [-0.4, -0.2) is 30.8 Å². The maximum absolute atomic E-state index is 11.0. The Bertz CT molecular complexity index is 496. The molecule has 0 amide bonds. The van der Waals surface area contributed by atoms with Crippen molar-refractivity contribution in [2.24, 2.45) is 0 Å². The van der Waals surface area contributed by atoms with Gasteiger partial charge in [0.2, 0.25) is 0 Å². The van der Waals surface area contributed by atoms with Crippen LogP contribution in [0, 0.1) is 0 Å². The van der Waals surface area contributed by atoms with E-state index in [1.165, 1.54) is 103 Å². The van der Waals surface area contributed by atoms with Gasteiger partial charge in [-0.05, 0) is 12.8 Å². The molecule has 0 radical (unpaired) electrons. The quantitative estimate of drug-likeness (QED) is 0.100. The number of carbonyl (C=O) groups excluding carboxylic acids is 1. The molecule has 0 bridgehead atoms. The molecule has 1 unspecified atom stereocenters. The minimum absolute atomic E-state index is 0. The van der Waals surface area contributed by atoms with Gasteiger partial charge in [0.15, 0.2) is 0 Å². The standard InChI is InChI=1S/C24H48O5S.K/c1-3-4-5-6-7-8-9-10-11-12-13-14-15-16-17-18-19-20-21-24(29-23(2)25)22-30(26,27)28;/h24H,3-22H2,1-2H3,(H,26,27,28);/q;+1/p-1. The first-order chi connectivity index (χ1) is 14.3. The minimum atomic E-state index is -4.37. The predicted molar refractivity (Wildman–Crippen MR) is 124 cm³/mol. The fraction of sp³-hybridized carbons (Fsp3) is 0.958. The van der Waals surface area contributed by atoms with E-state index in [0.29, 0.717) is 6.42 Å². The number of ether oxygens (including phenoxy) is 1. The molecule has 0 rings (SSSR count). The largest absolute Gasteiger partial charge is 1.00 e. The maximum Gasteiger partial charge on any atom is 1.00 e. The van der Waals surface area contributed by atoms with Gasteiger partial charge < -0.3 is 9.29 Å². The molecule has 0 saturated heterocycles. The van der Waals surface area contributed by atoms with E-state index in [4.69, 9.17) is 4.74 Å². The molecule has 180 valence electrons. The van der Waals surface area contributed by atoms with Crippen molar-refractivity contribution in [1.29, 1.82) is 0 Å². The zero-order chi connectivity index (χ0) is 22.5. The average molecular weight is 487 g/mol. The third kappa shape index (κ3) is 29.0. The number of rotatable bonds is 22. The first kappa shape index (κ1) is 34.2. The third-order valence-electron chi connectivity index (χ3n) is 5.60. The van der Waals surface area contributed by atoms with E-state index in [-0.39, 0.29) is 51.4 Å². The van der Waals surface area contributed by atoms with Crippen LogP contribution in [0.1, 0.15) is 136 Å². The Kier molecular flexibility index (Phi) is 26.6. The number of unbranched alkanes of at least 4 members (excludes halogenated alkanes) is 17. The van der Waals surface area contributed by atoms with Gasteiger partial charge in [0.05, 0.1) is 15.9 Å². The summed E-state index contributed by atoms with van der Waals surface area (Å²) in [6.45, 7) is 3.50. The van der Waals surface area contributed by atoms with Crippen LogP contribution in [0.3, 0.4) is 0 Å². The third-order valence-corrected chi connectivity index (χ3v) is 6.38. The van der Waals surface area contributed by atoms with E-state index < -0.39 is 27.9 Å². The van der Waals surface area contributed by atoms with E-state index in [0.717, 1.165) is 19.3 Å². The molecule has 7 heteroatoms. The topological polar surface area (TPSA) is 83.5 Å². The smallest absolute Gasteiger partial charge is 0.748 e. The predicted octanol–water partition coefficient (Wildman–Crippen LogP) is 3.90. The van der Waals surface area contributed by atoms with Crippen molar-refractivity contribution >= 4 is 16.1 Å². The summed E-state index contributed by atoms with van der Waals surface area (Å²) < 4.78 is 37.5. The second-order valence-electron chi connectivity index (χ2n) is 8.75. The molecule has 0 aromatic rings. The summed E-state index contributed by atoms with van der Waals surface area (Å²) in [5.41, 5.74) is 0. The molecule has 1 atom stereocenters. The zero-order valence-electron chi connectivity index (χ0n) is 20.7. The zero-order valence-corrected chi connectivity index (χ0v) is 24.6. The summed E-state index contributed by atoms with van der Waals surface area (Å²) in [7, 11) is -4.37. The number of esters is 1. The molecular formula is C24H47KO5S. The minimum Gasteiger partial charge on any atom is -0.748 e. The molecule has 5 nitrogen and oxygen atoms in total. The van der Waals surface area contributed by atoms with Crippen LogP contribution in [0.25, 0.3) is 0 Å². The van der Waals surface area contributed by atoms with E-state index in [1.807, 2.05) is 0 Å². The molecule has 0 spiro atoms. The SMILES string of the molecule is CCCCCCCCCCCCCCCCCCCCC(CS(=O)(=O)[O-])OC(C)=O.[K+]. The van der Waals surface area contributed by atoms with Gasteiger partial charge in [0.1, 0.15) is 6.10 Å². The summed E-state index contributed by atoms with van der Waals surface area (Å²) in [5.74, 6) is -1.16. The Labute approximate surface area is 235 Å². The molecule has 0 aliphatic carbocycles. The molecule has 0 fully saturated rings. The summed E-state index contributed by atoms with van der Waals surface area (Å²) in [6.07, 6.45) is 22.9. The summed E-state index contributed by atoms with van der Waals surface area (Å²) in [5, 5.41) is 0. The fourth-order valence-corrected chi connectivity index (χ4v) is 4.60. The van der Waals surface area contributed by atoms with Crippen molar-refractivity contribution in [2.75, 3.05) is 5.75 Å². The van der Waals surface area contributed by atoms with Gasteiger partial charge in [-0.2, -0.15) is 0 Å². The van der Waals surface area contributed by atoms with Crippen molar-refractivity contribution in [3.05, 3.63) is 0 Å². The van der Waals surface area contributed by atoms with Gasteiger partial charge in [-0.15, -0.1) is 0 Å². The molecule has 0 aliphatic heterocycles. The van der Waals surface area contributed by atoms with Crippen molar-refractivity contribution in [3.8, 4) is 0 Å². The Balaban J connectivity index is 0. The molecule has 0 N–H and O–H groups in total. The first-order valence-corrected chi connectivity index (χ1v) is 14.0. The van der Waals surface area contributed by atoms with E-state index in [9.17, 15) is 17.8 Å². The van der Waals surface area contributed by atoms with Crippen LogP contribution >= 0.6 is 0 Å². The Hall–Kier alpha value is 1.02. The van der Waals surface area contributed by atoms with Gasteiger partial charge in [0, 0.05) is 6.92 Å². The van der Waals surface area contributed by atoms with Crippen molar-refractivity contribution in [2.45, 2.75) is 142 Å². The van der Waals surface area contributed by atoms with Crippen molar-refractivity contribution in [3.63, 3.8) is 0 Å². The maximum atomic E-state index is 11.0. The second kappa shape index (κ2) is 24.2. The van der Waals surface area contributed by atoms with Gasteiger partial charge in [-0.1, -0.05) is 116 Å². The van der Waals surface area contributed by atoms with Gasteiger partial charge in [-0.25, -0.2) is 8.42 Å². The molecule has 0 aromatic carbocycles. The van der Waals surface area contributed by atoms with Crippen LogP contribution in [0.15, 0.2) is 0 Å². The average Bonchev–Trinajstić information content (AvgIpc) is 2.65. The van der Waals surface area contributed by atoms with E-state index in [1.54, 1.807) is 0 Å². The molecule has 0 aromatic heterocycles. The Morgan fingerprint density at radius 3 is 1.32 bits per heavy atom. The van der Waals surface area contributed by atoms with Crippen LogP contribution in [0.2, 0.25) is 0 Å². The monoisotopic (exact) mass is 486 g/mol. The van der Waals surface area contributed by atoms with E-state index >= 15 is 0 Å². The summed E-state index contributed by atoms with van der Waals surface area (Å²) in [6, 6.07) is 0. The van der Waals surface area contributed by atoms with Gasteiger partial charge >= 0.3 is 57.4 Å². The Morgan fingerprint density at radius 2 is 1.03 bits per heavy atom. The Morgan fingerprint density at radius 1 is 0.710 bits per heavy atom. The van der Waals surface area contributed by atoms with Crippen LogP contribution in [0.5, 0.6) is 0 Å². The summed E-state index contributed by atoms with van der Waals surface area (Å²) in [4.78, 5) is 11.0. The normalized spacial score (nSPS) is 12.4. The number of hydrogen-bond donors (Lipinski definition) is 0. The number of carbonyl (C=O) groups is 1. The fourth-order valence-electron chi connectivity index (χ4n) is 3.91. The van der Waals surface area contributed by atoms with Gasteiger partial charge in [-0.3, -0.25) is 4.79 Å². The molecule has 0 heterocycles. The first-order valence-electron chi connectivity index (χ1n) is 12.5. The molecule has 0 aliphatic rings. The van der Waals surface area contributed by atoms with Crippen LogP contribution in [-0.2, 0) is 19.6 Å².